The molecule has 3 rings (SSSR count). The summed E-state index contributed by atoms with van der Waals surface area (Å²) in [7, 11) is 1.57. The summed E-state index contributed by atoms with van der Waals surface area (Å²) in [5, 5.41) is 18.9. The maximum absolute atomic E-state index is 11.3. The topological polar surface area (TPSA) is 83.5 Å². The molecule has 2 aromatic carbocycles. The second kappa shape index (κ2) is 9.49. The second-order valence-corrected chi connectivity index (χ2v) is 7.83. The molecule has 1 heterocycles. The minimum Gasteiger partial charge on any atom is -0.497 e. The number of nitrogens with zero attached hydrogens (tertiary/aromatic N) is 1. The Morgan fingerprint density at radius 1 is 1.28 bits per heavy atom. The Morgan fingerprint density at radius 3 is 2.76 bits per heavy atom. The lowest BCUT2D eigenvalue weighted by Gasteiger charge is -2.20. The maximum atomic E-state index is 11.3. The molecule has 6 nitrogen and oxygen atoms in total. The van der Waals surface area contributed by atoms with Gasteiger partial charge in [-0.2, -0.15) is 0 Å². The average molecular weight is 428 g/mol. The van der Waals surface area contributed by atoms with Crippen molar-refractivity contribution in [3.05, 3.63) is 64.5 Å². The van der Waals surface area contributed by atoms with E-state index in [4.69, 9.17) is 17.0 Å². The number of methoxy groups -OCH3 is 1. The fourth-order valence-electron chi connectivity index (χ4n) is 2.86. The molecule has 29 heavy (non-hydrogen) atoms. The monoisotopic (exact) mass is 427 g/mol. The van der Waals surface area contributed by atoms with Crippen LogP contribution in [0.25, 0.3) is 11.3 Å². The first-order chi connectivity index (χ1) is 13.9. The summed E-state index contributed by atoms with van der Waals surface area (Å²) in [5.41, 5.74) is 3.47. The third kappa shape index (κ3) is 5.75. The van der Waals surface area contributed by atoms with E-state index >= 15 is 0 Å². The number of anilines is 1. The highest BCUT2D eigenvalue weighted by Gasteiger charge is 2.17. The van der Waals surface area contributed by atoms with Gasteiger partial charge in [0.1, 0.15) is 5.75 Å². The molecule has 0 saturated carbocycles. The van der Waals surface area contributed by atoms with Crippen LogP contribution in [-0.4, -0.2) is 28.3 Å². The largest absolute Gasteiger partial charge is 0.497 e. The normalized spacial score (nSPS) is 11.5. The van der Waals surface area contributed by atoms with Crippen LogP contribution in [0.15, 0.2) is 53.9 Å². The lowest BCUT2D eigenvalue weighted by Crippen LogP contribution is -2.33. The van der Waals surface area contributed by atoms with Gasteiger partial charge in [-0.05, 0) is 49.0 Å². The predicted molar refractivity (Wildman–Crippen MR) is 120 cm³/mol. The molecule has 150 valence electrons. The van der Waals surface area contributed by atoms with Crippen LogP contribution >= 0.6 is 23.6 Å². The van der Waals surface area contributed by atoms with Crippen LogP contribution in [0, 0.1) is 6.92 Å². The number of aliphatic carboxylic acids is 1. The average Bonchev–Trinajstić information content (AvgIpc) is 3.14. The standard InChI is InChI=1S/C21H21N3O3S2/c1-13-22-19(12-29-13)14-5-3-7-16(9-14)23-21(28)24-18(11-20(25)26)15-6-4-8-17(10-15)27-2/h3-10,12,18H,11H2,1-2H3,(H,25,26)(H2,23,24,28). The molecule has 1 aromatic heterocycles. The molecule has 1 atom stereocenters. The van der Waals surface area contributed by atoms with Crippen molar-refractivity contribution < 1.29 is 14.6 Å². The first-order valence-corrected chi connectivity index (χ1v) is 10.2. The molecule has 1 unspecified atom stereocenters. The molecule has 0 fully saturated rings. The van der Waals surface area contributed by atoms with Gasteiger partial charge in [0.25, 0.3) is 0 Å². The van der Waals surface area contributed by atoms with Crippen molar-refractivity contribution >= 4 is 40.3 Å². The summed E-state index contributed by atoms with van der Waals surface area (Å²) in [6.45, 7) is 1.97. The van der Waals surface area contributed by atoms with Crippen molar-refractivity contribution in [1.82, 2.24) is 10.3 Å². The highest BCUT2D eigenvalue weighted by molar-refractivity contribution is 7.80. The summed E-state index contributed by atoms with van der Waals surface area (Å²) >= 11 is 7.03. The summed E-state index contributed by atoms with van der Waals surface area (Å²) in [5.74, 6) is -0.265. The van der Waals surface area contributed by atoms with Crippen LogP contribution in [0.5, 0.6) is 5.75 Å². The molecule has 0 spiro atoms. The second-order valence-electron chi connectivity index (χ2n) is 6.36. The molecule has 0 aliphatic heterocycles. The molecule has 3 N–H and O–H groups in total. The number of thiocarbonyl (C=S) groups is 1. The molecule has 0 bridgehead atoms. The van der Waals surface area contributed by atoms with E-state index in [1.165, 1.54) is 0 Å². The quantitative estimate of drug-likeness (QED) is 0.474. The summed E-state index contributed by atoms with van der Waals surface area (Å²) in [6.07, 6.45) is -0.118. The van der Waals surface area contributed by atoms with Crippen LogP contribution in [-0.2, 0) is 4.79 Å². The Morgan fingerprint density at radius 2 is 2.07 bits per heavy atom. The molecular formula is C21H21N3O3S2. The Hall–Kier alpha value is -2.97. The number of aromatic nitrogens is 1. The Bertz CT molecular complexity index is 1020. The van der Waals surface area contributed by atoms with E-state index in [1.54, 1.807) is 24.5 Å². The van der Waals surface area contributed by atoms with Crippen LogP contribution in [0.3, 0.4) is 0 Å². The van der Waals surface area contributed by atoms with Crippen molar-refractivity contribution in [2.24, 2.45) is 0 Å². The SMILES string of the molecule is COc1cccc(C(CC(=O)O)NC(=S)Nc2cccc(-c3csc(C)n3)c2)c1. The van der Waals surface area contributed by atoms with Gasteiger partial charge in [-0.1, -0.05) is 24.3 Å². The lowest BCUT2D eigenvalue weighted by atomic mass is 10.0. The maximum Gasteiger partial charge on any atom is 0.305 e. The van der Waals surface area contributed by atoms with Crippen molar-refractivity contribution in [3.8, 4) is 17.0 Å². The van der Waals surface area contributed by atoms with Crippen molar-refractivity contribution in [3.63, 3.8) is 0 Å². The zero-order valence-electron chi connectivity index (χ0n) is 16.0. The van der Waals surface area contributed by atoms with Crippen LogP contribution in [0.2, 0.25) is 0 Å². The minimum absolute atomic E-state index is 0.118. The van der Waals surface area contributed by atoms with Gasteiger partial charge in [0.05, 0.1) is 30.3 Å². The van der Waals surface area contributed by atoms with E-state index in [2.05, 4.69) is 15.6 Å². The van der Waals surface area contributed by atoms with Crippen molar-refractivity contribution in [2.45, 2.75) is 19.4 Å². The van der Waals surface area contributed by atoms with Crippen molar-refractivity contribution in [2.75, 3.05) is 12.4 Å². The van der Waals surface area contributed by atoms with Gasteiger partial charge in [-0.25, -0.2) is 4.98 Å². The van der Waals surface area contributed by atoms with Crippen molar-refractivity contribution in [1.29, 1.82) is 0 Å². The lowest BCUT2D eigenvalue weighted by molar-refractivity contribution is -0.137. The number of thiazole rings is 1. The molecule has 3 aromatic rings. The predicted octanol–water partition coefficient (Wildman–Crippen LogP) is 4.63. The Balaban J connectivity index is 1.74. The summed E-state index contributed by atoms with van der Waals surface area (Å²) in [6, 6.07) is 14.5. The van der Waals surface area contributed by atoms with Gasteiger partial charge in [-0.3, -0.25) is 4.79 Å². The van der Waals surface area contributed by atoms with E-state index < -0.39 is 12.0 Å². The fraction of sp³-hybridized carbons (Fsp3) is 0.190. The number of aryl methyl sites for hydroxylation is 1. The van der Waals surface area contributed by atoms with Gasteiger partial charge < -0.3 is 20.5 Å². The number of ether oxygens (including phenoxy) is 1. The number of rotatable bonds is 7. The minimum atomic E-state index is -0.922. The fourth-order valence-corrected chi connectivity index (χ4v) is 3.74. The number of carboxylic acids is 1. The summed E-state index contributed by atoms with van der Waals surface area (Å²) in [4.78, 5) is 15.8. The molecule has 8 heteroatoms. The summed E-state index contributed by atoms with van der Waals surface area (Å²) < 4.78 is 5.24. The third-order valence-corrected chi connectivity index (χ3v) is 5.21. The number of carbonyl (C=O) groups is 1. The van der Waals surface area contributed by atoms with Crippen LogP contribution < -0.4 is 15.4 Å². The number of benzene rings is 2. The molecule has 0 aliphatic rings. The zero-order valence-corrected chi connectivity index (χ0v) is 17.6. The highest BCUT2D eigenvalue weighted by atomic mass is 32.1. The number of nitrogens with one attached hydrogen (secondary N) is 2. The molecular weight excluding hydrogens is 406 g/mol. The molecule has 0 saturated heterocycles. The van der Waals surface area contributed by atoms with Gasteiger partial charge in [0.2, 0.25) is 0 Å². The highest BCUT2D eigenvalue weighted by Crippen LogP contribution is 2.25. The van der Waals surface area contributed by atoms with Crippen LogP contribution in [0.4, 0.5) is 5.69 Å². The van der Waals surface area contributed by atoms with E-state index in [0.717, 1.165) is 27.5 Å². The zero-order chi connectivity index (χ0) is 20.8. The number of carboxylic acid groups (broad SMARTS) is 1. The van der Waals surface area contributed by atoms with E-state index in [9.17, 15) is 9.90 Å². The molecule has 0 aliphatic carbocycles. The van der Waals surface area contributed by atoms with E-state index in [0.29, 0.717) is 10.9 Å². The first-order valence-electron chi connectivity index (χ1n) is 8.90. The molecule has 0 amide bonds. The number of hydrogen-bond donors (Lipinski definition) is 3. The van der Waals surface area contributed by atoms with E-state index in [1.807, 2.05) is 54.8 Å². The first kappa shape index (κ1) is 20.8. The Kier molecular flexibility index (Phi) is 6.79. The van der Waals surface area contributed by atoms with Gasteiger partial charge >= 0.3 is 5.97 Å². The van der Waals surface area contributed by atoms with Gasteiger partial charge in [0.15, 0.2) is 5.11 Å². The van der Waals surface area contributed by atoms with Gasteiger partial charge in [0, 0.05) is 16.6 Å². The third-order valence-electron chi connectivity index (χ3n) is 4.22. The Labute approximate surface area is 178 Å². The van der Waals surface area contributed by atoms with E-state index in [-0.39, 0.29) is 6.42 Å². The van der Waals surface area contributed by atoms with Crippen LogP contribution in [0.1, 0.15) is 23.0 Å². The number of hydrogen-bond acceptors (Lipinski definition) is 5. The molecule has 0 radical (unpaired) electrons. The van der Waals surface area contributed by atoms with Gasteiger partial charge in [-0.15, -0.1) is 11.3 Å². The smallest absolute Gasteiger partial charge is 0.305 e.